The van der Waals surface area contributed by atoms with E-state index in [1.807, 2.05) is 5.38 Å². The zero-order chi connectivity index (χ0) is 14.8. The first-order valence-electron chi connectivity index (χ1n) is 6.57. The van der Waals surface area contributed by atoms with Gasteiger partial charge in [0, 0.05) is 42.8 Å². The number of thiazole rings is 1. The zero-order valence-electron chi connectivity index (χ0n) is 11.2. The van der Waals surface area contributed by atoms with Crippen LogP contribution in [-0.4, -0.2) is 42.2 Å². The number of nitrogens with zero attached hydrogens (tertiary/aromatic N) is 3. The number of carboxylic acid groups (broad SMARTS) is 1. The molecular formula is C14H14ClN3O2S. The highest BCUT2D eigenvalue weighted by Gasteiger charge is 2.22. The minimum absolute atomic E-state index is 0.255. The van der Waals surface area contributed by atoms with Crippen molar-refractivity contribution in [3.05, 3.63) is 40.4 Å². The normalized spacial score (nSPS) is 15.3. The Morgan fingerprint density at radius 1 is 1.24 bits per heavy atom. The van der Waals surface area contributed by atoms with Crippen LogP contribution in [0.4, 0.5) is 10.8 Å². The lowest BCUT2D eigenvalue weighted by molar-refractivity contribution is 0.0697. The molecule has 1 aromatic carbocycles. The van der Waals surface area contributed by atoms with Crippen LogP contribution in [0.15, 0.2) is 29.8 Å². The summed E-state index contributed by atoms with van der Waals surface area (Å²) in [6.45, 7) is 3.19. The fraction of sp³-hybridized carbons (Fsp3) is 0.286. The molecule has 5 nitrogen and oxygen atoms in total. The number of carbonyl (C=O) groups is 1. The zero-order valence-corrected chi connectivity index (χ0v) is 12.8. The second-order valence-electron chi connectivity index (χ2n) is 4.76. The number of carboxylic acids is 1. The average Bonchev–Trinajstić information content (AvgIpc) is 3.01. The van der Waals surface area contributed by atoms with Crippen LogP contribution in [0, 0.1) is 0 Å². The van der Waals surface area contributed by atoms with Crippen molar-refractivity contribution in [2.24, 2.45) is 0 Å². The predicted octanol–water partition coefficient (Wildman–Crippen LogP) is 2.82. The lowest BCUT2D eigenvalue weighted by Crippen LogP contribution is -2.47. The maximum Gasteiger partial charge on any atom is 0.337 e. The highest BCUT2D eigenvalue weighted by molar-refractivity contribution is 7.13. The maximum atomic E-state index is 11.4. The van der Waals surface area contributed by atoms with Crippen molar-refractivity contribution >= 4 is 39.7 Å². The van der Waals surface area contributed by atoms with Crippen molar-refractivity contribution in [1.82, 2.24) is 4.98 Å². The van der Waals surface area contributed by atoms with Gasteiger partial charge in [-0.15, -0.1) is 11.3 Å². The van der Waals surface area contributed by atoms with Gasteiger partial charge >= 0.3 is 5.97 Å². The van der Waals surface area contributed by atoms with Crippen LogP contribution in [0.5, 0.6) is 0 Å². The highest BCUT2D eigenvalue weighted by Crippen LogP contribution is 2.27. The summed E-state index contributed by atoms with van der Waals surface area (Å²) in [5.74, 6) is -0.949. The van der Waals surface area contributed by atoms with E-state index in [1.54, 1.807) is 29.7 Å². The molecule has 1 N–H and O–H groups in total. The number of benzene rings is 1. The number of anilines is 2. The molecule has 7 heteroatoms. The van der Waals surface area contributed by atoms with E-state index < -0.39 is 5.97 Å². The molecule has 0 amide bonds. The van der Waals surface area contributed by atoms with Gasteiger partial charge in [0.05, 0.1) is 11.3 Å². The van der Waals surface area contributed by atoms with E-state index in [9.17, 15) is 9.90 Å². The molecule has 0 atom stereocenters. The Morgan fingerprint density at radius 3 is 2.57 bits per heavy atom. The van der Waals surface area contributed by atoms with Crippen molar-refractivity contribution in [3.63, 3.8) is 0 Å². The SMILES string of the molecule is O=C(O)c1cc(Cl)ccc1N1CCN(c2nccs2)CC1. The first-order valence-corrected chi connectivity index (χ1v) is 7.83. The van der Waals surface area contributed by atoms with Gasteiger partial charge in [0.15, 0.2) is 5.13 Å². The van der Waals surface area contributed by atoms with Crippen molar-refractivity contribution in [3.8, 4) is 0 Å². The number of hydrogen-bond donors (Lipinski definition) is 1. The van der Waals surface area contributed by atoms with Crippen LogP contribution >= 0.6 is 22.9 Å². The number of hydrogen-bond acceptors (Lipinski definition) is 5. The Hall–Kier alpha value is -1.79. The summed E-state index contributed by atoms with van der Waals surface area (Å²) in [6.07, 6.45) is 1.80. The number of halogens is 1. The third kappa shape index (κ3) is 2.96. The Balaban J connectivity index is 1.76. The van der Waals surface area contributed by atoms with Gasteiger partial charge in [-0.25, -0.2) is 9.78 Å². The molecule has 2 aromatic rings. The van der Waals surface area contributed by atoms with E-state index in [0.29, 0.717) is 5.02 Å². The molecule has 2 heterocycles. The minimum atomic E-state index is -0.949. The monoisotopic (exact) mass is 323 g/mol. The fourth-order valence-electron chi connectivity index (χ4n) is 2.47. The number of piperazine rings is 1. The van der Waals surface area contributed by atoms with E-state index >= 15 is 0 Å². The Morgan fingerprint density at radius 2 is 1.95 bits per heavy atom. The van der Waals surface area contributed by atoms with Gasteiger partial charge in [-0.1, -0.05) is 11.6 Å². The van der Waals surface area contributed by atoms with E-state index in [1.165, 1.54) is 6.07 Å². The highest BCUT2D eigenvalue weighted by atomic mass is 35.5. The van der Waals surface area contributed by atoms with E-state index in [0.717, 1.165) is 37.0 Å². The third-order valence-corrected chi connectivity index (χ3v) is 4.57. The lowest BCUT2D eigenvalue weighted by Gasteiger charge is -2.36. The van der Waals surface area contributed by atoms with Crippen molar-refractivity contribution < 1.29 is 9.90 Å². The minimum Gasteiger partial charge on any atom is -0.478 e. The summed E-state index contributed by atoms with van der Waals surface area (Å²) in [6, 6.07) is 5.02. The van der Waals surface area contributed by atoms with Gasteiger partial charge in [0.1, 0.15) is 0 Å². The predicted molar refractivity (Wildman–Crippen MR) is 85.0 cm³/mol. The molecular weight excluding hydrogens is 310 g/mol. The molecule has 1 fully saturated rings. The van der Waals surface area contributed by atoms with Gasteiger partial charge in [-0.3, -0.25) is 0 Å². The molecule has 0 saturated carbocycles. The van der Waals surface area contributed by atoms with Crippen LogP contribution in [0.25, 0.3) is 0 Å². The van der Waals surface area contributed by atoms with Gasteiger partial charge < -0.3 is 14.9 Å². The number of rotatable bonds is 3. The molecule has 1 aliphatic rings. The molecule has 0 unspecified atom stereocenters. The summed E-state index contributed by atoms with van der Waals surface area (Å²) >= 11 is 7.51. The largest absolute Gasteiger partial charge is 0.478 e. The first-order chi connectivity index (χ1) is 10.1. The van der Waals surface area contributed by atoms with E-state index in [2.05, 4.69) is 14.8 Å². The molecule has 0 aliphatic carbocycles. The van der Waals surface area contributed by atoms with E-state index in [-0.39, 0.29) is 5.56 Å². The van der Waals surface area contributed by atoms with E-state index in [4.69, 9.17) is 11.6 Å². The standard InChI is InChI=1S/C14H14ClN3O2S/c15-10-1-2-12(11(9-10)13(19)20)17-4-6-18(7-5-17)14-16-3-8-21-14/h1-3,8-9H,4-7H2,(H,19,20). The molecule has 1 saturated heterocycles. The van der Waals surface area contributed by atoms with Gasteiger partial charge in [-0.05, 0) is 18.2 Å². The molecule has 21 heavy (non-hydrogen) atoms. The molecule has 3 rings (SSSR count). The second-order valence-corrected chi connectivity index (χ2v) is 6.06. The maximum absolute atomic E-state index is 11.4. The lowest BCUT2D eigenvalue weighted by atomic mass is 10.1. The van der Waals surface area contributed by atoms with Crippen molar-refractivity contribution in [1.29, 1.82) is 0 Å². The summed E-state index contributed by atoms with van der Waals surface area (Å²) in [7, 11) is 0. The topological polar surface area (TPSA) is 56.7 Å². The second kappa shape index (κ2) is 5.91. The Bertz CT molecular complexity index is 640. The average molecular weight is 324 g/mol. The Labute approximate surface area is 131 Å². The number of aromatic carboxylic acids is 1. The summed E-state index contributed by atoms with van der Waals surface area (Å²) < 4.78 is 0. The molecule has 110 valence electrons. The summed E-state index contributed by atoms with van der Waals surface area (Å²) in [5.41, 5.74) is 0.982. The van der Waals surface area contributed by atoms with Gasteiger partial charge in [0.25, 0.3) is 0 Å². The van der Waals surface area contributed by atoms with Gasteiger partial charge in [0.2, 0.25) is 0 Å². The summed E-state index contributed by atoms with van der Waals surface area (Å²) in [5, 5.41) is 12.7. The molecule has 0 bridgehead atoms. The van der Waals surface area contributed by atoms with Crippen molar-refractivity contribution in [2.75, 3.05) is 36.0 Å². The third-order valence-electron chi connectivity index (χ3n) is 3.50. The molecule has 0 radical (unpaired) electrons. The van der Waals surface area contributed by atoms with Gasteiger partial charge in [-0.2, -0.15) is 0 Å². The van der Waals surface area contributed by atoms with Crippen LogP contribution in [0.3, 0.4) is 0 Å². The smallest absolute Gasteiger partial charge is 0.337 e. The van der Waals surface area contributed by atoms with Crippen molar-refractivity contribution in [2.45, 2.75) is 0 Å². The molecule has 0 spiro atoms. The molecule has 1 aromatic heterocycles. The summed E-state index contributed by atoms with van der Waals surface area (Å²) in [4.78, 5) is 20.0. The Kier molecular flexibility index (Phi) is 3.98. The quantitative estimate of drug-likeness (QED) is 0.941. The fourth-order valence-corrected chi connectivity index (χ4v) is 3.33. The molecule has 1 aliphatic heterocycles. The van der Waals surface area contributed by atoms with Crippen LogP contribution in [0.1, 0.15) is 10.4 Å². The van der Waals surface area contributed by atoms with Crippen LogP contribution in [0.2, 0.25) is 5.02 Å². The number of aromatic nitrogens is 1. The van der Waals surface area contributed by atoms with Crippen LogP contribution < -0.4 is 9.80 Å². The van der Waals surface area contributed by atoms with Crippen LogP contribution in [-0.2, 0) is 0 Å². The first kappa shape index (κ1) is 14.2.